The first-order valence-corrected chi connectivity index (χ1v) is 9.77. The van der Waals surface area contributed by atoms with Crippen LogP contribution in [0.5, 0.6) is 11.5 Å². The maximum Gasteiger partial charge on any atom is 0.314 e. The number of benzene rings is 1. The van der Waals surface area contributed by atoms with E-state index in [9.17, 15) is 4.79 Å². The van der Waals surface area contributed by atoms with E-state index in [0.717, 1.165) is 31.5 Å². The minimum Gasteiger partial charge on any atom is -0.493 e. The van der Waals surface area contributed by atoms with Crippen molar-refractivity contribution in [2.75, 3.05) is 40.4 Å². The minimum absolute atomic E-state index is 0.0759. The Balaban J connectivity index is 2.32. The van der Waals surface area contributed by atoms with Gasteiger partial charge in [0.15, 0.2) is 16.6 Å². The molecule has 1 aromatic rings. The Bertz CT molecular complexity index is 669. The molecule has 27 heavy (non-hydrogen) atoms. The highest BCUT2D eigenvalue weighted by molar-refractivity contribution is 7.80. The third-order valence-electron chi connectivity index (χ3n) is 4.58. The van der Waals surface area contributed by atoms with Crippen molar-refractivity contribution in [1.82, 2.24) is 20.9 Å². The third kappa shape index (κ3) is 5.15. The highest BCUT2D eigenvalue weighted by Crippen LogP contribution is 2.38. The first kappa shape index (κ1) is 21.1. The predicted molar refractivity (Wildman–Crippen MR) is 111 cm³/mol. The number of rotatable bonds is 7. The standard InChI is InChI=1S/C19H30N4O3S/c1-5-8-21-19(27)23-9-7-13-10-16(25-3)17(26-4)11-14(13)15(23)12-22-18(24)20-6-2/h10-11,15H,5-9,12H2,1-4H3,(H,21,27)(H2,20,22,24)/t15-/m1/s1. The van der Waals surface area contributed by atoms with Crippen molar-refractivity contribution < 1.29 is 14.3 Å². The summed E-state index contributed by atoms with van der Waals surface area (Å²) in [5, 5.41) is 9.72. The molecule has 0 aromatic heterocycles. The Morgan fingerprint density at radius 2 is 1.89 bits per heavy atom. The molecule has 1 atom stereocenters. The SMILES string of the molecule is CCCNC(=S)N1CCc2cc(OC)c(OC)cc2[C@H]1CNC(=O)NCC. The van der Waals surface area contributed by atoms with Crippen molar-refractivity contribution in [3.05, 3.63) is 23.3 Å². The number of carbonyl (C=O) groups excluding carboxylic acids is 1. The van der Waals surface area contributed by atoms with E-state index in [2.05, 4.69) is 27.8 Å². The van der Waals surface area contributed by atoms with Crippen molar-refractivity contribution in [1.29, 1.82) is 0 Å². The molecule has 2 rings (SSSR count). The van der Waals surface area contributed by atoms with Crippen LogP contribution >= 0.6 is 12.2 Å². The lowest BCUT2D eigenvalue weighted by atomic mass is 9.92. The summed E-state index contributed by atoms with van der Waals surface area (Å²) in [7, 11) is 3.26. The Morgan fingerprint density at radius 3 is 2.52 bits per heavy atom. The molecule has 1 aliphatic heterocycles. The van der Waals surface area contributed by atoms with Gasteiger partial charge < -0.3 is 30.3 Å². The molecule has 7 nitrogen and oxygen atoms in total. The van der Waals surface area contributed by atoms with Gasteiger partial charge >= 0.3 is 6.03 Å². The van der Waals surface area contributed by atoms with Gasteiger partial charge in [-0.3, -0.25) is 0 Å². The highest BCUT2D eigenvalue weighted by atomic mass is 32.1. The number of urea groups is 1. The predicted octanol–water partition coefficient (Wildman–Crippen LogP) is 2.21. The molecule has 1 aromatic carbocycles. The summed E-state index contributed by atoms with van der Waals surface area (Å²) in [6.07, 6.45) is 1.85. The van der Waals surface area contributed by atoms with Crippen LogP contribution < -0.4 is 25.4 Å². The highest BCUT2D eigenvalue weighted by Gasteiger charge is 2.30. The fourth-order valence-electron chi connectivity index (χ4n) is 3.24. The number of amides is 2. The topological polar surface area (TPSA) is 74.9 Å². The molecule has 1 aliphatic rings. The van der Waals surface area contributed by atoms with Gasteiger partial charge in [0.05, 0.1) is 20.3 Å². The molecule has 0 fully saturated rings. The van der Waals surface area contributed by atoms with E-state index < -0.39 is 0 Å². The van der Waals surface area contributed by atoms with E-state index in [1.165, 1.54) is 5.56 Å². The maximum atomic E-state index is 11.9. The molecule has 150 valence electrons. The van der Waals surface area contributed by atoms with E-state index in [1.807, 2.05) is 19.1 Å². The molecule has 1 heterocycles. The number of nitrogens with one attached hydrogen (secondary N) is 3. The minimum atomic E-state index is -0.183. The van der Waals surface area contributed by atoms with E-state index in [4.69, 9.17) is 21.7 Å². The van der Waals surface area contributed by atoms with Gasteiger partial charge in [-0.05, 0) is 55.2 Å². The summed E-state index contributed by atoms with van der Waals surface area (Å²) in [6.45, 7) is 6.63. The number of ether oxygens (including phenoxy) is 2. The van der Waals surface area contributed by atoms with Gasteiger partial charge in [0.2, 0.25) is 0 Å². The number of fused-ring (bicyclic) bond motifs is 1. The van der Waals surface area contributed by atoms with Gasteiger partial charge in [-0.25, -0.2) is 4.79 Å². The average molecular weight is 395 g/mol. The zero-order valence-electron chi connectivity index (χ0n) is 16.6. The quantitative estimate of drug-likeness (QED) is 0.616. The maximum absolute atomic E-state index is 11.9. The van der Waals surface area contributed by atoms with Crippen molar-refractivity contribution in [2.24, 2.45) is 0 Å². The van der Waals surface area contributed by atoms with Crippen LogP contribution in [0.15, 0.2) is 12.1 Å². The molecular formula is C19H30N4O3S. The zero-order chi connectivity index (χ0) is 19.8. The fraction of sp³-hybridized carbons (Fsp3) is 0.579. The monoisotopic (exact) mass is 394 g/mol. The average Bonchev–Trinajstić information content (AvgIpc) is 2.68. The van der Waals surface area contributed by atoms with Crippen LogP contribution in [0.25, 0.3) is 0 Å². The van der Waals surface area contributed by atoms with Crippen molar-refractivity contribution in [2.45, 2.75) is 32.7 Å². The van der Waals surface area contributed by atoms with E-state index in [0.29, 0.717) is 29.7 Å². The number of nitrogens with zero attached hydrogens (tertiary/aromatic N) is 1. The largest absolute Gasteiger partial charge is 0.493 e. The molecule has 0 saturated heterocycles. The smallest absolute Gasteiger partial charge is 0.314 e. The molecule has 0 bridgehead atoms. The van der Waals surface area contributed by atoms with Crippen molar-refractivity contribution in [3.63, 3.8) is 0 Å². The molecule has 0 unspecified atom stereocenters. The van der Waals surface area contributed by atoms with Crippen LogP contribution in [-0.4, -0.2) is 56.4 Å². The third-order valence-corrected chi connectivity index (χ3v) is 4.96. The molecule has 0 spiro atoms. The summed E-state index contributed by atoms with van der Waals surface area (Å²) in [4.78, 5) is 14.1. The fourth-order valence-corrected chi connectivity index (χ4v) is 3.56. The number of carbonyl (C=O) groups is 1. The molecule has 0 radical (unpaired) electrons. The molecule has 0 aliphatic carbocycles. The number of methoxy groups -OCH3 is 2. The van der Waals surface area contributed by atoms with Crippen molar-refractivity contribution in [3.8, 4) is 11.5 Å². The summed E-state index contributed by atoms with van der Waals surface area (Å²) < 4.78 is 10.9. The van der Waals surface area contributed by atoms with E-state index in [1.54, 1.807) is 14.2 Å². The number of hydrogen-bond donors (Lipinski definition) is 3. The van der Waals surface area contributed by atoms with Crippen LogP contribution in [0.4, 0.5) is 4.79 Å². The van der Waals surface area contributed by atoms with Crippen LogP contribution in [0.1, 0.15) is 37.4 Å². The summed E-state index contributed by atoms with van der Waals surface area (Å²) in [6, 6.07) is 3.76. The Morgan fingerprint density at radius 1 is 1.19 bits per heavy atom. The molecular weight excluding hydrogens is 364 g/mol. The van der Waals surface area contributed by atoms with E-state index >= 15 is 0 Å². The molecule has 0 saturated carbocycles. The van der Waals surface area contributed by atoms with Gasteiger partial charge in [-0.1, -0.05) is 6.92 Å². The molecule has 2 amide bonds. The lowest BCUT2D eigenvalue weighted by molar-refractivity contribution is 0.233. The van der Waals surface area contributed by atoms with E-state index in [-0.39, 0.29) is 12.1 Å². The normalized spacial score (nSPS) is 15.6. The first-order valence-electron chi connectivity index (χ1n) is 9.36. The molecule has 8 heteroatoms. The van der Waals surface area contributed by atoms with Crippen LogP contribution in [0, 0.1) is 0 Å². The van der Waals surface area contributed by atoms with Crippen LogP contribution in [0.2, 0.25) is 0 Å². The summed E-state index contributed by atoms with van der Waals surface area (Å²) in [5.74, 6) is 1.39. The van der Waals surface area contributed by atoms with Crippen LogP contribution in [-0.2, 0) is 6.42 Å². The Kier molecular flexibility index (Phi) is 7.97. The second-order valence-electron chi connectivity index (χ2n) is 6.34. The zero-order valence-corrected chi connectivity index (χ0v) is 17.4. The summed E-state index contributed by atoms with van der Waals surface area (Å²) in [5.41, 5.74) is 2.28. The first-order chi connectivity index (χ1) is 13.0. The van der Waals surface area contributed by atoms with Crippen LogP contribution in [0.3, 0.4) is 0 Å². The second kappa shape index (κ2) is 10.2. The van der Waals surface area contributed by atoms with Gasteiger partial charge in [0, 0.05) is 26.2 Å². The lowest BCUT2D eigenvalue weighted by Gasteiger charge is -2.39. The van der Waals surface area contributed by atoms with Gasteiger partial charge in [0.25, 0.3) is 0 Å². The van der Waals surface area contributed by atoms with Gasteiger partial charge in [-0.15, -0.1) is 0 Å². The van der Waals surface area contributed by atoms with Gasteiger partial charge in [0.1, 0.15) is 0 Å². The second-order valence-corrected chi connectivity index (χ2v) is 6.72. The Hall–Kier alpha value is -2.22. The number of thiocarbonyl (C=S) groups is 1. The Labute approximate surface area is 166 Å². The molecule has 3 N–H and O–H groups in total. The van der Waals surface area contributed by atoms with Gasteiger partial charge in [-0.2, -0.15) is 0 Å². The van der Waals surface area contributed by atoms with Crippen molar-refractivity contribution >= 4 is 23.4 Å². The lowest BCUT2D eigenvalue weighted by Crippen LogP contribution is -2.50. The summed E-state index contributed by atoms with van der Waals surface area (Å²) >= 11 is 5.62. The number of hydrogen-bond acceptors (Lipinski definition) is 4.